The number of nitrogens with one attached hydrogen (secondary N) is 1. The maximum atomic E-state index is 12.5. The van der Waals surface area contributed by atoms with Crippen LogP contribution in [0.15, 0.2) is 5.16 Å². The van der Waals surface area contributed by atoms with Crippen molar-refractivity contribution in [2.24, 2.45) is 0 Å². The van der Waals surface area contributed by atoms with Crippen LogP contribution < -0.4 is 5.32 Å². The van der Waals surface area contributed by atoms with E-state index in [1.165, 1.54) is 11.8 Å². The SMILES string of the molecule is CCN(CC(=O)NC(C)(C)C)C(=O)CCc1c(C)nc(SC)nc1C. The van der Waals surface area contributed by atoms with E-state index in [4.69, 9.17) is 0 Å². The molecule has 1 rings (SSSR count). The molecule has 25 heavy (non-hydrogen) atoms. The van der Waals surface area contributed by atoms with Gasteiger partial charge in [0.05, 0.1) is 6.54 Å². The average molecular weight is 367 g/mol. The number of thioether (sulfide) groups is 1. The zero-order valence-electron chi connectivity index (χ0n) is 16.4. The van der Waals surface area contributed by atoms with E-state index in [0.29, 0.717) is 19.4 Å². The fourth-order valence-corrected chi connectivity index (χ4v) is 3.02. The Balaban J connectivity index is 2.70. The molecule has 0 saturated heterocycles. The molecule has 1 aromatic heterocycles. The number of nitrogens with zero attached hydrogens (tertiary/aromatic N) is 3. The van der Waals surface area contributed by atoms with Gasteiger partial charge in [-0.15, -0.1) is 0 Å². The number of aryl methyl sites for hydroxylation is 2. The first kappa shape index (κ1) is 21.4. The van der Waals surface area contributed by atoms with Gasteiger partial charge in [0.2, 0.25) is 11.8 Å². The Hall–Kier alpha value is -1.63. The number of hydrogen-bond acceptors (Lipinski definition) is 5. The van der Waals surface area contributed by atoms with Crippen molar-refractivity contribution < 1.29 is 9.59 Å². The molecule has 0 radical (unpaired) electrons. The lowest BCUT2D eigenvalue weighted by Gasteiger charge is -2.25. The molecule has 0 spiro atoms. The van der Waals surface area contributed by atoms with Crippen LogP contribution in [-0.2, 0) is 16.0 Å². The van der Waals surface area contributed by atoms with Crippen LogP contribution in [0.1, 0.15) is 51.1 Å². The molecule has 1 heterocycles. The van der Waals surface area contributed by atoms with E-state index in [1.807, 2.05) is 47.8 Å². The second-order valence-electron chi connectivity index (χ2n) is 7.07. The van der Waals surface area contributed by atoms with E-state index >= 15 is 0 Å². The summed E-state index contributed by atoms with van der Waals surface area (Å²) in [5, 5.41) is 3.64. The minimum atomic E-state index is -0.301. The Morgan fingerprint density at radius 1 is 1.16 bits per heavy atom. The Kier molecular flexibility index (Phi) is 7.86. The third kappa shape index (κ3) is 7.02. The van der Waals surface area contributed by atoms with E-state index in [0.717, 1.165) is 22.1 Å². The number of aromatic nitrogens is 2. The minimum Gasteiger partial charge on any atom is -0.350 e. The van der Waals surface area contributed by atoms with E-state index in [9.17, 15) is 9.59 Å². The highest BCUT2D eigenvalue weighted by atomic mass is 32.2. The Labute approximate surface area is 155 Å². The predicted molar refractivity (Wildman–Crippen MR) is 102 cm³/mol. The zero-order chi connectivity index (χ0) is 19.2. The quantitative estimate of drug-likeness (QED) is 0.593. The lowest BCUT2D eigenvalue weighted by atomic mass is 10.1. The van der Waals surface area contributed by atoms with Gasteiger partial charge in [0.25, 0.3) is 0 Å². The molecule has 0 bridgehead atoms. The molecule has 0 unspecified atom stereocenters. The molecule has 0 saturated carbocycles. The fraction of sp³-hybridized carbons (Fsp3) is 0.667. The molecule has 1 aromatic rings. The van der Waals surface area contributed by atoms with Gasteiger partial charge in [-0.2, -0.15) is 0 Å². The van der Waals surface area contributed by atoms with Crippen molar-refractivity contribution in [1.29, 1.82) is 0 Å². The number of rotatable bonds is 7. The van der Waals surface area contributed by atoms with Crippen molar-refractivity contribution >= 4 is 23.6 Å². The maximum absolute atomic E-state index is 12.5. The van der Waals surface area contributed by atoms with E-state index in [2.05, 4.69) is 15.3 Å². The second-order valence-corrected chi connectivity index (χ2v) is 7.84. The molecule has 0 aromatic carbocycles. The molecule has 1 N–H and O–H groups in total. The van der Waals surface area contributed by atoms with Crippen molar-refractivity contribution in [3.05, 3.63) is 17.0 Å². The van der Waals surface area contributed by atoms with Crippen LogP contribution in [0.4, 0.5) is 0 Å². The smallest absolute Gasteiger partial charge is 0.240 e. The van der Waals surface area contributed by atoms with Gasteiger partial charge < -0.3 is 10.2 Å². The molecule has 0 aliphatic rings. The third-order valence-corrected chi connectivity index (χ3v) is 4.30. The van der Waals surface area contributed by atoms with Crippen LogP contribution in [0.3, 0.4) is 0 Å². The van der Waals surface area contributed by atoms with Crippen molar-refractivity contribution in [2.45, 2.75) is 65.1 Å². The fourth-order valence-electron chi connectivity index (χ4n) is 2.56. The number of carbonyl (C=O) groups excluding carboxylic acids is 2. The monoisotopic (exact) mass is 366 g/mol. The largest absolute Gasteiger partial charge is 0.350 e. The van der Waals surface area contributed by atoms with Crippen LogP contribution in [0.2, 0.25) is 0 Å². The molecular weight excluding hydrogens is 336 g/mol. The summed E-state index contributed by atoms with van der Waals surface area (Å²) in [6.07, 6.45) is 2.88. The molecule has 0 fully saturated rings. The van der Waals surface area contributed by atoms with Crippen LogP contribution >= 0.6 is 11.8 Å². The van der Waals surface area contributed by atoms with Gasteiger partial charge >= 0.3 is 0 Å². The minimum absolute atomic E-state index is 0.0284. The van der Waals surface area contributed by atoms with Crippen LogP contribution in [-0.4, -0.2) is 51.6 Å². The van der Waals surface area contributed by atoms with Gasteiger partial charge in [-0.3, -0.25) is 9.59 Å². The summed E-state index contributed by atoms with van der Waals surface area (Å²) in [5.41, 5.74) is 2.54. The summed E-state index contributed by atoms with van der Waals surface area (Å²) in [6, 6.07) is 0. The predicted octanol–water partition coefficient (Wildman–Crippen LogP) is 2.51. The van der Waals surface area contributed by atoms with Gasteiger partial charge in [-0.25, -0.2) is 9.97 Å². The van der Waals surface area contributed by atoms with E-state index < -0.39 is 0 Å². The summed E-state index contributed by atoms with van der Waals surface area (Å²) in [6.45, 7) is 12.1. The van der Waals surface area contributed by atoms with Crippen LogP contribution in [0.5, 0.6) is 0 Å². The first-order valence-electron chi connectivity index (χ1n) is 8.54. The molecule has 6 nitrogen and oxygen atoms in total. The molecule has 2 amide bonds. The molecule has 0 atom stereocenters. The van der Waals surface area contributed by atoms with Gasteiger partial charge in [-0.05, 0) is 59.8 Å². The number of hydrogen-bond donors (Lipinski definition) is 1. The normalized spacial score (nSPS) is 11.3. The highest BCUT2D eigenvalue weighted by Crippen LogP contribution is 2.17. The Bertz CT molecular complexity index is 603. The lowest BCUT2D eigenvalue weighted by Crippen LogP contribution is -2.47. The topological polar surface area (TPSA) is 75.2 Å². The summed E-state index contributed by atoms with van der Waals surface area (Å²) < 4.78 is 0. The molecular formula is C18H30N4O2S. The summed E-state index contributed by atoms with van der Waals surface area (Å²) in [5.74, 6) is -0.165. The zero-order valence-corrected chi connectivity index (χ0v) is 17.2. The number of likely N-dealkylation sites (N-methyl/N-ethyl adjacent to an activating group) is 1. The van der Waals surface area contributed by atoms with Crippen LogP contribution in [0, 0.1) is 13.8 Å². The van der Waals surface area contributed by atoms with Crippen molar-refractivity contribution in [2.75, 3.05) is 19.3 Å². The number of amides is 2. The second kappa shape index (κ2) is 9.17. The summed E-state index contributed by atoms with van der Waals surface area (Å²) >= 11 is 1.51. The highest BCUT2D eigenvalue weighted by molar-refractivity contribution is 7.98. The summed E-state index contributed by atoms with van der Waals surface area (Å²) in [4.78, 5) is 35.0. The van der Waals surface area contributed by atoms with Gasteiger partial charge in [0, 0.05) is 29.9 Å². The van der Waals surface area contributed by atoms with Gasteiger partial charge in [0.1, 0.15) is 0 Å². The van der Waals surface area contributed by atoms with Crippen LogP contribution in [0.25, 0.3) is 0 Å². The first-order valence-corrected chi connectivity index (χ1v) is 9.76. The Morgan fingerprint density at radius 2 is 1.72 bits per heavy atom. The maximum Gasteiger partial charge on any atom is 0.240 e. The molecule has 0 aliphatic carbocycles. The van der Waals surface area contributed by atoms with E-state index in [1.54, 1.807) is 4.90 Å². The molecule has 140 valence electrons. The highest BCUT2D eigenvalue weighted by Gasteiger charge is 2.20. The molecule has 7 heteroatoms. The van der Waals surface area contributed by atoms with E-state index in [-0.39, 0.29) is 23.9 Å². The molecule has 0 aliphatic heterocycles. The van der Waals surface area contributed by atoms with Crippen molar-refractivity contribution in [3.63, 3.8) is 0 Å². The Morgan fingerprint density at radius 3 is 2.16 bits per heavy atom. The lowest BCUT2D eigenvalue weighted by molar-refractivity contribution is -0.136. The van der Waals surface area contributed by atoms with Gasteiger partial charge in [0.15, 0.2) is 5.16 Å². The van der Waals surface area contributed by atoms with Crippen molar-refractivity contribution in [1.82, 2.24) is 20.2 Å². The first-order chi connectivity index (χ1) is 11.6. The standard InChI is InChI=1S/C18H30N4O2S/c1-8-22(11-15(23)21-18(4,5)6)16(24)10-9-14-12(2)19-17(25-7)20-13(14)3/h8-11H2,1-7H3,(H,21,23). The summed E-state index contributed by atoms with van der Waals surface area (Å²) in [7, 11) is 0. The number of carbonyl (C=O) groups is 2. The average Bonchev–Trinajstić information content (AvgIpc) is 2.49. The van der Waals surface area contributed by atoms with Gasteiger partial charge in [-0.1, -0.05) is 11.8 Å². The van der Waals surface area contributed by atoms with Crippen molar-refractivity contribution in [3.8, 4) is 0 Å². The third-order valence-electron chi connectivity index (χ3n) is 3.75.